The number of hydrogen-bond acceptors (Lipinski definition) is 3. The summed E-state index contributed by atoms with van der Waals surface area (Å²) in [6.07, 6.45) is 1.77. The van der Waals surface area contributed by atoms with Crippen LogP contribution in [-0.4, -0.2) is 12.0 Å². The highest BCUT2D eigenvalue weighted by Gasteiger charge is 2.14. The topological polar surface area (TPSA) is 24.9 Å². The van der Waals surface area contributed by atoms with Crippen molar-refractivity contribution in [2.24, 2.45) is 0 Å². The van der Waals surface area contributed by atoms with E-state index in [2.05, 4.69) is 10.3 Å². The van der Waals surface area contributed by atoms with Crippen molar-refractivity contribution in [3.05, 3.63) is 40.1 Å². The molecule has 5 heteroatoms. The van der Waals surface area contributed by atoms with Crippen LogP contribution in [0.5, 0.6) is 0 Å². The van der Waals surface area contributed by atoms with Gasteiger partial charge in [-0.1, -0.05) is 17.7 Å². The molecular weight excluding hydrogens is 259 g/mol. The molecule has 0 aliphatic heterocycles. The molecule has 0 radical (unpaired) electrons. The molecule has 0 aliphatic carbocycles. The Morgan fingerprint density at radius 1 is 1.47 bits per heavy atom. The molecule has 2 aromatic rings. The molecule has 1 N–H and O–H groups in total. The summed E-state index contributed by atoms with van der Waals surface area (Å²) in [5.74, 6) is -0.410. The van der Waals surface area contributed by atoms with Gasteiger partial charge in [0.25, 0.3) is 0 Å². The van der Waals surface area contributed by atoms with Gasteiger partial charge >= 0.3 is 0 Å². The molecule has 1 atom stereocenters. The zero-order valence-corrected chi connectivity index (χ0v) is 11.1. The lowest BCUT2D eigenvalue weighted by molar-refractivity contribution is 0.631. The molecule has 0 fully saturated rings. The molecule has 1 aromatic heterocycles. The largest absolute Gasteiger partial charge is 0.312 e. The molecule has 90 valence electrons. The zero-order valence-electron chi connectivity index (χ0n) is 9.50. The van der Waals surface area contributed by atoms with Gasteiger partial charge in [-0.2, -0.15) is 0 Å². The second kappa shape index (κ2) is 5.12. The minimum absolute atomic E-state index is 0.126. The Kier molecular flexibility index (Phi) is 3.76. The van der Waals surface area contributed by atoms with Crippen LogP contribution >= 0.6 is 22.9 Å². The summed E-state index contributed by atoms with van der Waals surface area (Å²) in [6, 6.07) is 5.16. The van der Waals surface area contributed by atoms with Crippen LogP contribution in [0, 0.1) is 5.82 Å². The van der Waals surface area contributed by atoms with Gasteiger partial charge in [-0.25, -0.2) is 9.37 Å². The summed E-state index contributed by atoms with van der Waals surface area (Å²) in [5.41, 5.74) is 0.456. The van der Waals surface area contributed by atoms with Crippen molar-refractivity contribution in [3.63, 3.8) is 0 Å². The Hall–Kier alpha value is -0.970. The fourth-order valence-electron chi connectivity index (χ4n) is 1.42. The van der Waals surface area contributed by atoms with Gasteiger partial charge in [0.1, 0.15) is 5.01 Å². The SMILES string of the molecule is CNC(C)c1cnc(-c2cccc(Cl)c2F)s1. The van der Waals surface area contributed by atoms with E-state index in [1.807, 2.05) is 14.0 Å². The van der Waals surface area contributed by atoms with Gasteiger partial charge in [0.2, 0.25) is 0 Å². The van der Waals surface area contributed by atoms with Crippen LogP contribution in [0.25, 0.3) is 10.6 Å². The standard InChI is InChI=1S/C12H12ClFN2S/c1-7(15-2)10-6-16-12(17-10)8-4-3-5-9(13)11(8)14/h3-7,15H,1-2H3. The first-order valence-corrected chi connectivity index (χ1v) is 6.40. The first-order chi connectivity index (χ1) is 8.13. The first kappa shape index (κ1) is 12.5. The van der Waals surface area contributed by atoms with Gasteiger partial charge in [-0.3, -0.25) is 0 Å². The molecule has 0 amide bonds. The van der Waals surface area contributed by atoms with E-state index in [4.69, 9.17) is 11.6 Å². The number of halogens is 2. The van der Waals surface area contributed by atoms with Crippen molar-refractivity contribution in [2.75, 3.05) is 7.05 Å². The molecule has 1 heterocycles. The number of rotatable bonds is 3. The smallest absolute Gasteiger partial charge is 0.152 e. The molecule has 1 unspecified atom stereocenters. The molecule has 1 aromatic carbocycles. The van der Waals surface area contributed by atoms with Crippen molar-refractivity contribution >= 4 is 22.9 Å². The van der Waals surface area contributed by atoms with Crippen LogP contribution in [0.1, 0.15) is 17.8 Å². The van der Waals surface area contributed by atoms with Crippen LogP contribution in [-0.2, 0) is 0 Å². The average Bonchev–Trinajstić information content (AvgIpc) is 2.81. The summed E-state index contributed by atoms with van der Waals surface area (Å²) < 4.78 is 13.8. The monoisotopic (exact) mass is 270 g/mol. The quantitative estimate of drug-likeness (QED) is 0.915. The molecule has 2 rings (SSSR count). The van der Waals surface area contributed by atoms with Crippen LogP contribution in [0.4, 0.5) is 4.39 Å². The Morgan fingerprint density at radius 2 is 2.24 bits per heavy atom. The normalized spacial score (nSPS) is 12.7. The lowest BCUT2D eigenvalue weighted by Crippen LogP contribution is -2.10. The van der Waals surface area contributed by atoms with Crippen molar-refractivity contribution in [1.82, 2.24) is 10.3 Å². The Morgan fingerprint density at radius 3 is 2.94 bits per heavy atom. The van der Waals surface area contributed by atoms with Gasteiger partial charge in [-0.05, 0) is 26.1 Å². The molecule has 0 saturated heterocycles. The first-order valence-electron chi connectivity index (χ1n) is 5.21. The number of nitrogens with zero attached hydrogens (tertiary/aromatic N) is 1. The number of aromatic nitrogens is 1. The van der Waals surface area contributed by atoms with Crippen LogP contribution in [0.15, 0.2) is 24.4 Å². The van der Waals surface area contributed by atoms with E-state index in [0.29, 0.717) is 10.6 Å². The zero-order chi connectivity index (χ0) is 12.4. The molecule has 0 saturated carbocycles. The number of benzene rings is 1. The van der Waals surface area contributed by atoms with Gasteiger partial charge in [-0.15, -0.1) is 11.3 Å². The molecule has 0 bridgehead atoms. The summed E-state index contributed by atoms with van der Waals surface area (Å²) in [5, 5.41) is 3.90. The minimum atomic E-state index is -0.410. The second-order valence-electron chi connectivity index (χ2n) is 3.68. The van der Waals surface area contributed by atoms with Crippen molar-refractivity contribution in [3.8, 4) is 10.6 Å². The molecule has 2 nitrogen and oxygen atoms in total. The predicted molar refractivity (Wildman–Crippen MR) is 70.0 cm³/mol. The van der Waals surface area contributed by atoms with E-state index >= 15 is 0 Å². The molecule has 0 aliphatic rings. The maximum absolute atomic E-state index is 13.8. The maximum atomic E-state index is 13.8. The number of hydrogen-bond donors (Lipinski definition) is 1. The third kappa shape index (κ3) is 2.49. The summed E-state index contributed by atoms with van der Waals surface area (Å²) in [6.45, 7) is 2.03. The third-order valence-electron chi connectivity index (χ3n) is 2.57. The molecular formula is C12H12ClFN2S. The van der Waals surface area contributed by atoms with Gasteiger partial charge in [0, 0.05) is 22.7 Å². The highest BCUT2D eigenvalue weighted by molar-refractivity contribution is 7.15. The Bertz CT molecular complexity index is 527. The van der Waals surface area contributed by atoms with Gasteiger partial charge in [0.15, 0.2) is 5.82 Å². The lowest BCUT2D eigenvalue weighted by Gasteiger charge is -2.05. The Labute approximate surface area is 108 Å². The van der Waals surface area contributed by atoms with E-state index in [0.717, 1.165) is 4.88 Å². The van der Waals surface area contributed by atoms with E-state index < -0.39 is 5.82 Å². The summed E-state index contributed by atoms with van der Waals surface area (Å²) >= 11 is 7.22. The second-order valence-corrected chi connectivity index (χ2v) is 5.15. The summed E-state index contributed by atoms with van der Waals surface area (Å²) in [7, 11) is 1.88. The molecule has 17 heavy (non-hydrogen) atoms. The number of thiazole rings is 1. The number of nitrogens with one attached hydrogen (secondary N) is 1. The third-order valence-corrected chi connectivity index (χ3v) is 4.07. The highest BCUT2D eigenvalue weighted by Crippen LogP contribution is 2.32. The van der Waals surface area contributed by atoms with E-state index in [1.54, 1.807) is 18.3 Å². The Balaban J connectivity index is 2.40. The minimum Gasteiger partial charge on any atom is -0.312 e. The average molecular weight is 271 g/mol. The van der Waals surface area contributed by atoms with Crippen LogP contribution in [0.2, 0.25) is 5.02 Å². The van der Waals surface area contributed by atoms with Crippen LogP contribution < -0.4 is 5.32 Å². The van der Waals surface area contributed by atoms with Crippen molar-refractivity contribution in [1.29, 1.82) is 0 Å². The predicted octanol–water partition coefficient (Wildman–Crippen LogP) is 3.88. The molecule has 0 spiro atoms. The maximum Gasteiger partial charge on any atom is 0.152 e. The highest BCUT2D eigenvalue weighted by atomic mass is 35.5. The fourth-order valence-corrected chi connectivity index (χ4v) is 2.59. The van der Waals surface area contributed by atoms with Crippen molar-refractivity contribution in [2.45, 2.75) is 13.0 Å². The van der Waals surface area contributed by atoms with E-state index in [1.165, 1.54) is 17.4 Å². The van der Waals surface area contributed by atoms with E-state index in [9.17, 15) is 4.39 Å². The van der Waals surface area contributed by atoms with Crippen molar-refractivity contribution < 1.29 is 4.39 Å². The van der Waals surface area contributed by atoms with E-state index in [-0.39, 0.29) is 11.1 Å². The lowest BCUT2D eigenvalue weighted by atomic mass is 10.2. The fraction of sp³-hybridized carbons (Fsp3) is 0.250. The summed E-state index contributed by atoms with van der Waals surface area (Å²) in [4.78, 5) is 5.31. The van der Waals surface area contributed by atoms with Crippen LogP contribution in [0.3, 0.4) is 0 Å². The van der Waals surface area contributed by atoms with Gasteiger partial charge in [0.05, 0.1) is 5.02 Å². The van der Waals surface area contributed by atoms with Gasteiger partial charge < -0.3 is 5.32 Å².